The van der Waals surface area contributed by atoms with Crippen molar-refractivity contribution in [3.8, 4) is 5.75 Å². The lowest BCUT2D eigenvalue weighted by atomic mass is 10.1. The van der Waals surface area contributed by atoms with Crippen LogP contribution in [0.5, 0.6) is 5.75 Å². The fraction of sp³-hybridized carbons (Fsp3) is 0.417. The highest BCUT2D eigenvalue weighted by Crippen LogP contribution is 2.30. The number of carbonyl (C=O) groups excluding carboxylic acids is 1. The Hall–Kier alpha value is -1.02. The minimum Gasteiger partial charge on any atom is -0.491 e. The van der Waals surface area contributed by atoms with Crippen LogP contribution in [-0.4, -0.2) is 11.9 Å². The van der Waals surface area contributed by atoms with Gasteiger partial charge in [-0.05, 0) is 26.8 Å². The van der Waals surface area contributed by atoms with Crippen molar-refractivity contribution in [2.24, 2.45) is 0 Å². The maximum atomic E-state index is 11.2. The van der Waals surface area contributed by atoms with E-state index in [9.17, 15) is 4.79 Å². The second-order valence-electron chi connectivity index (χ2n) is 3.68. The van der Waals surface area contributed by atoms with Gasteiger partial charge < -0.3 is 4.74 Å². The molecule has 0 radical (unpaired) electrons. The Bertz CT molecular complexity index is 347. The number of ketones is 1. The van der Waals surface area contributed by atoms with Crippen LogP contribution in [0.2, 0.25) is 0 Å². The quantitative estimate of drug-likeness (QED) is 0.736. The van der Waals surface area contributed by atoms with E-state index in [-0.39, 0.29) is 11.9 Å². The van der Waals surface area contributed by atoms with Gasteiger partial charge in [0.15, 0.2) is 5.78 Å². The van der Waals surface area contributed by atoms with Crippen molar-refractivity contribution in [1.29, 1.82) is 0 Å². The molecular weight excluding hydrogens is 212 g/mol. The Balaban J connectivity index is 3.00. The third kappa shape index (κ3) is 3.24. The summed E-state index contributed by atoms with van der Waals surface area (Å²) in [6.07, 6.45) is 0.0713. The molecule has 0 aliphatic heterocycles. The first-order valence-electron chi connectivity index (χ1n) is 4.92. The van der Waals surface area contributed by atoms with Crippen molar-refractivity contribution in [3.05, 3.63) is 29.8 Å². The van der Waals surface area contributed by atoms with E-state index in [0.29, 0.717) is 5.75 Å². The number of Topliss-reactive ketones (excluding diaryl/α,β-unsaturated/α-hetero) is 1. The molecule has 0 bridgehead atoms. The van der Waals surface area contributed by atoms with Gasteiger partial charge in [0.2, 0.25) is 0 Å². The molecule has 0 aliphatic carbocycles. The Kier molecular flexibility index (Phi) is 4.15. The van der Waals surface area contributed by atoms with Crippen LogP contribution in [-0.2, 0) is 4.79 Å². The standard InChI is InChI=1S/C12H15ClO2/c1-8(2)15-11-7-5-4-6-10(11)12(13)9(3)14/h4-8,12H,1-3H3. The lowest BCUT2D eigenvalue weighted by Crippen LogP contribution is -2.10. The van der Waals surface area contributed by atoms with Crippen molar-refractivity contribution in [3.63, 3.8) is 0 Å². The Morgan fingerprint density at radius 1 is 1.33 bits per heavy atom. The van der Waals surface area contributed by atoms with Crippen LogP contribution in [0.25, 0.3) is 0 Å². The number of alkyl halides is 1. The summed E-state index contributed by atoms with van der Waals surface area (Å²) in [6, 6.07) is 7.36. The third-order valence-electron chi connectivity index (χ3n) is 1.91. The molecule has 0 aliphatic rings. The minimum absolute atomic E-state index is 0.0713. The number of para-hydroxylation sites is 1. The van der Waals surface area contributed by atoms with Crippen LogP contribution in [0, 0.1) is 0 Å². The smallest absolute Gasteiger partial charge is 0.152 e. The molecule has 1 rings (SSSR count). The van der Waals surface area contributed by atoms with Gasteiger partial charge in [-0.25, -0.2) is 0 Å². The van der Waals surface area contributed by atoms with Crippen LogP contribution in [0.4, 0.5) is 0 Å². The summed E-state index contributed by atoms with van der Waals surface area (Å²) < 4.78 is 5.58. The number of carbonyl (C=O) groups is 1. The molecule has 82 valence electrons. The van der Waals surface area contributed by atoms with Gasteiger partial charge in [-0.1, -0.05) is 18.2 Å². The van der Waals surface area contributed by atoms with E-state index < -0.39 is 5.38 Å². The van der Waals surface area contributed by atoms with Crippen LogP contribution in [0.15, 0.2) is 24.3 Å². The highest BCUT2D eigenvalue weighted by molar-refractivity contribution is 6.31. The molecule has 2 nitrogen and oxygen atoms in total. The monoisotopic (exact) mass is 226 g/mol. The molecule has 0 saturated carbocycles. The zero-order valence-corrected chi connectivity index (χ0v) is 9.91. The largest absolute Gasteiger partial charge is 0.491 e. The lowest BCUT2D eigenvalue weighted by molar-refractivity contribution is -0.116. The molecule has 0 fully saturated rings. The van der Waals surface area contributed by atoms with Crippen LogP contribution in [0.1, 0.15) is 31.7 Å². The summed E-state index contributed by atoms with van der Waals surface area (Å²) in [5.74, 6) is 0.610. The van der Waals surface area contributed by atoms with E-state index >= 15 is 0 Å². The number of rotatable bonds is 4. The van der Waals surface area contributed by atoms with Gasteiger partial charge in [0.25, 0.3) is 0 Å². The van der Waals surface area contributed by atoms with Gasteiger partial charge in [-0.15, -0.1) is 11.6 Å². The Morgan fingerprint density at radius 2 is 1.93 bits per heavy atom. The van der Waals surface area contributed by atoms with E-state index in [1.54, 1.807) is 0 Å². The zero-order chi connectivity index (χ0) is 11.4. The Labute approximate surface area is 95.2 Å². The zero-order valence-electron chi connectivity index (χ0n) is 9.16. The van der Waals surface area contributed by atoms with Gasteiger partial charge in [0.1, 0.15) is 11.1 Å². The van der Waals surface area contributed by atoms with E-state index in [4.69, 9.17) is 16.3 Å². The summed E-state index contributed by atoms with van der Waals surface area (Å²) >= 11 is 6.00. The average Bonchev–Trinajstić information content (AvgIpc) is 2.16. The molecule has 0 heterocycles. The first kappa shape index (κ1) is 12.1. The van der Waals surface area contributed by atoms with E-state index in [0.717, 1.165) is 5.56 Å². The molecule has 1 aromatic rings. The number of hydrogen-bond acceptors (Lipinski definition) is 2. The van der Waals surface area contributed by atoms with Crippen molar-refractivity contribution in [2.75, 3.05) is 0 Å². The lowest BCUT2D eigenvalue weighted by Gasteiger charge is -2.15. The van der Waals surface area contributed by atoms with Crippen LogP contribution >= 0.6 is 11.6 Å². The second-order valence-corrected chi connectivity index (χ2v) is 4.11. The van der Waals surface area contributed by atoms with Gasteiger partial charge in [-0.3, -0.25) is 4.79 Å². The minimum atomic E-state index is -0.625. The van der Waals surface area contributed by atoms with Gasteiger partial charge in [0, 0.05) is 5.56 Å². The predicted octanol–water partition coefficient (Wildman–Crippen LogP) is 3.34. The van der Waals surface area contributed by atoms with Crippen molar-refractivity contribution >= 4 is 17.4 Å². The summed E-state index contributed by atoms with van der Waals surface area (Å²) in [6.45, 7) is 5.35. The van der Waals surface area contributed by atoms with Crippen molar-refractivity contribution in [2.45, 2.75) is 32.3 Å². The molecule has 1 atom stereocenters. The molecule has 3 heteroatoms. The highest BCUT2D eigenvalue weighted by Gasteiger charge is 2.17. The van der Waals surface area contributed by atoms with E-state index in [2.05, 4.69) is 0 Å². The normalized spacial score (nSPS) is 12.6. The topological polar surface area (TPSA) is 26.3 Å². The number of benzene rings is 1. The molecule has 1 aromatic carbocycles. The molecule has 0 spiro atoms. The van der Waals surface area contributed by atoms with Crippen LogP contribution in [0.3, 0.4) is 0 Å². The fourth-order valence-electron chi connectivity index (χ4n) is 1.27. The summed E-state index contributed by atoms with van der Waals surface area (Å²) in [5.41, 5.74) is 0.736. The SMILES string of the molecule is CC(=O)C(Cl)c1ccccc1OC(C)C. The first-order valence-corrected chi connectivity index (χ1v) is 5.36. The molecule has 1 unspecified atom stereocenters. The second kappa shape index (κ2) is 5.17. The predicted molar refractivity (Wildman–Crippen MR) is 61.5 cm³/mol. The summed E-state index contributed by atoms with van der Waals surface area (Å²) in [7, 11) is 0. The summed E-state index contributed by atoms with van der Waals surface area (Å²) in [5, 5.41) is -0.625. The first-order chi connectivity index (χ1) is 7.02. The molecule has 0 aromatic heterocycles. The summed E-state index contributed by atoms with van der Waals surface area (Å²) in [4.78, 5) is 11.2. The van der Waals surface area contributed by atoms with Gasteiger partial charge in [0.05, 0.1) is 6.10 Å². The van der Waals surface area contributed by atoms with Gasteiger partial charge >= 0.3 is 0 Å². The molecule has 0 amide bonds. The van der Waals surface area contributed by atoms with Crippen molar-refractivity contribution < 1.29 is 9.53 Å². The van der Waals surface area contributed by atoms with Gasteiger partial charge in [-0.2, -0.15) is 0 Å². The van der Waals surface area contributed by atoms with Crippen LogP contribution < -0.4 is 4.74 Å². The maximum Gasteiger partial charge on any atom is 0.152 e. The number of ether oxygens (including phenoxy) is 1. The van der Waals surface area contributed by atoms with Crippen molar-refractivity contribution in [1.82, 2.24) is 0 Å². The molecule has 0 saturated heterocycles. The fourth-order valence-corrected chi connectivity index (χ4v) is 1.45. The molecule has 15 heavy (non-hydrogen) atoms. The maximum absolute atomic E-state index is 11.2. The third-order valence-corrected chi connectivity index (χ3v) is 2.45. The number of halogens is 1. The van der Waals surface area contributed by atoms with E-state index in [1.807, 2.05) is 38.1 Å². The molecular formula is C12H15ClO2. The molecule has 0 N–H and O–H groups in total. The van der Waals surface area contributed by atoms with E-state index in [1.165, 1.54) is 6.92 Å². The highest BCUT2D eigenvalue weighted by atomic mass is 35.5. The Morgan fingerprint density at radius 3 is 2.47 bits per heavy atom. The number of hydrogen-bond donors (Lipinski definition) is 0. The average molecular weight is 227 g/mol.